The van der Waals surface area contributed by atoms with E-state index in [1.54, 1.807) is 0 Å². The third kappa shape index (κ3) is 4.06. The molecule has 4 aliphatic carbocycles. The van der Waals surface area contributed by atoms with Gasteiger partial charge in [-0.2, -0.15) is 0 Å². The molecule has 7 heteroatoms. The van der Waals surface area contributed by atoms with E-state index in [2.05, 4.69) is 20.8 Å². The zero-order valence-electron chi connectivity index (χ0n) is 21.1. The molecule has 0 aromatic rings. The number of hydrogen-bond acceptors (Lipinski definition) is 7. The summed E-state index contributed by atoms with van der Waals surface area (Å²) >= 11 is 0. The predicted octanol–water partition coefficient (Wildman–Crippen LogP) is 3.90. The van der Waals surface area contributed by atoms with Crippen molar-refractivity contribution in [1.82, 2.24) is 0 Å². The molecule has 0 saturated heterocycles. The fourth-order valence-corrected chi connectivity index (χ4v) is 9.21. The molecule has 192 valence electrons. The van der Waals surface area contributed by atoms with Gasteiger partial charge in [-0.05, 0) is 86.4 Å². The molecule has 4 saturated carbocycles. The van der Waals surface area contributed by atoms with E-state index >= 15 is 0 Å². The Hall–Kier alpha value is -1.63. The molecule has 0 radical (unpaired) electrons. The summed E-state index contributed by atoms with van der Waals surface area (Å²) in [4.78, 5) is 35.0. The summed E-state index contributed by atoms with van der Waals surface area (Å²) in [6.07, 6.45) is 6.52. The first-order valence-corrected chi connectivity index (χ1v) is 13.1. The maximum Gasteiger partial charge on any atom is 0.305 e. The summed E-state index contributed by atoms with van der Waals surface area (Å²) in [6.45, 7) is 8.02. The zero-order chi connectivity index (χ0) is 24.7. The summed E-state index contributed by atoms with van der Waals surface area (Å²) in [5, 5.41) is 10.4. The van der Waals surface area contributed by atoms with Crippen LogP contribution in [0, 0.1) is 46.3 Å². The highest BCUT2D eigenvalue weighted by molar-refractivity contribution is 5.69. The average molecular weight is 479 g/mol. The topological polar surface area (TPSA) is 99.1 Å². The van der Waals surface area contributed by atoms with Gasteiger partial charge in [0.15, 0.2) is 0 Å². The molecule has 0 unspecified atom stereocenters. The summed E-state index contributed by atoms with van der Waals surface area (Å²) in [7, 11) is 1.42. The Balaban J connectivity index is 1.68. The van der Waals surface area contributed by atoms with E-state index in [-0.39, 0.29) is 58.8 Å². The van der Waals surface area contributed by atoms with Gasteiger partial charge in [0, 0.05) is 17.8 Å². The van der Waals surface area contributed by atoms with Gasteiger partial charge in [0.2, 0.25) is 0 Å². The number of hydrogen-bond donors (Lipinski definition) is 1. The van der Waals surface area contributed by atoms with Crippen LogP contribution in [0.2, 0.25) is 0 Å². The molecule has 0 heterocycles. The van der Waals surface area contributed by atoms with Gasteiger partial charge in [0.05, 0.1) is 13.2 Å². The van der Waals surface area contributed by atoms with E-state index in [0.717, 1.165) is 51.4 Å². The number of aliphatic hydroxyl groups excluding tert-OH is 1. The van der Waals surface area contributed by atoms with Crippen molar-refractivity contribution < 1.29 is 33.7 Å². The van der Waals surface area contributed by atoms with Crippen molar-refractivity contribution in [3.8, 4) is 0 Å². The highest BCUT2D eigenvalue weighted by Crippen LogP contribution is 2.69. The lowest BCUT2D eigenvalue weighted by molar-refractivity contribution is -0.217. The molecule has 0 aromatic heterocycles. The Morgan fingerprint density at radius 1 is 1.06 bits per heavy atom. The number of rotatable bonds is 8. The number of aliphatic hydroxyl groups is 1. The molecular formula is C27H42O7. The first kappa shape index (κ1) is 25.5. The van der Waals surface area contributed by atoms with Gasteiger partial charge in [0.1, 0.15) is 12.2 Å². The molecule has 4 rings (SSSR count). The van der Waals surface area contributed by atoms with Crippen molar-refractivity contribution in [2.75, 3.05) is 7.11 Å². The average Bonchev–Trinajstić information content (AvgIpc) is 3.17. The molecule has 0 aliphatic heterocycles. The van der Waals surface area contributed by atoms with Gasteiger partial charge >= 0.3 is 5.97 Å². The van der Waals surface area contributed by atoms with Gasteiger partial charge in [-0.3, -0.25) is 14.4 Å². The molecule has 4 fully saturated rings. The maximum absolute atomic E-state index is 11.8. The van der Waals surface area contributed by atoms with E-state index < -0.39 is 0 Å². The van der Waals surface area contributed by atoms with E-state index in [0.29, 0.717) is 31.2 Å². The van der Waals surface area contributed by atoms with Crippen molar-refractivity contribution in [3.05, 3.63) is 0 Å². The van der Waals surface area contributed by atoms with Crippen LogP contribution < -0.4 is 0 Å². The predicted molar refractivity (Wildman–Crippen MR) is 124 cm³/mol. The van der Waals surface area contributed by atoms with Gasteiger partial charge < -0.3 is 19.3 Å². The molecule has 7 nitrogen and oxygen atoms in total. The number of esters is 1. The van der Waals surface area contributed by atoms with Crippen LogP contribution in [-0.4, -0.2) is 49.4 Å². The fourth-order valence-electron chi connectivity index (χ4n) is 9.21. The van der Waals surface area contributed by atoms with Gasteiger partial charge in [0.25, 0.3) is 12.9 Å². The van der Waals surface area contributed by atoms with Crippen molar-refractivity contribution in [2.45, 2.75) is 96.9 Å². The standard InChI is InChI=1S/C27H42O7/c1-16(5-8-24(31)32-4)19-6-7-20-25-21(13-23(34-15-29)27(19,20)3)26(2)10-9-18(30)11-17(26)12-22(25)33-14-28/h14-23,25,30H,5-13H2,1-4H3/t16-,17+,18-,19-,20+,21+,22-,23+,25+,26+,27-/m1/s1. The van der Waals surface area contributed by atoms with Crippen molar-refractivity contribution in [2.24, 2.45) is 46.3 Å². The molecule has 0 spiro atoms. The van der Waals surface area contributed by atoms with Crippen molar-refractivity contribution >= 4 is 18.9 Å². The SMILES string of the molecule is COC(=O)CC[C@@H](C)[C@H]1CC[C@H]2[C@@H]3[C@H](OC=O)C[C@@H]4C[C@H](O)CC[C@]4(C)[C@H]3C[C@H](OC=O)[C@]12C. The lowest BCUT2D eigenvalue weighted by Crippen LogP contribution is -2.63. The molecule has 1 N–H and O–H groups in total. The number of carbonyl (C=O) groups excluding carboxylic acids is 3. The van der Waals surface area contributed by atoms with Crippen molar-refractivity contribution in [3.63, 3.8) is 0 Å². The lowest BCUT2D eigenvalue weighted by atomic mass is 9.43. The monoisotopic (exact) mass is 478 g/mol. The van der Waals surface area contributed by atoms with Crippen molar-refractivity contribution in [1.29, 1.82) is 0 Å². The number of carbonyl (C=O) groups is 3. The fraction of sp³-hybridized carbons (Fsp3) is 0.889. The van der Waals surface area contributed by atoms with Crippen LogP contribution >= 0.6 is 0 Å². The lowest BCUT2D eigenvalue weighted by Gasteiger charge is -2.64. The van der Waals surface area contributed by atoms with Crippen LogP contribution in [0.3, 0.4) is 0 Å². The third-order valence-corrected chi connectivity index (χ3v) is 10.9. The quantitative estimate of drug-likeness (QED) is 0.321. The molecule has 11 atom stereocenters. The summed E-state index contributed by atoms with van der Waals surface area (Å²) < 4.78 is 16.5. The molecular weight excluding hydrogens is 436 g/mol. The third-order valence-electron chi connectivity index (χ3n) is 10.9. The van der Waals surface area contributed by atoms with E-state index in [1.807, 2.05) is 0 Å². The Labute approximate surface area is 203 Å². The Morgan fingerprint density at radius 3 is 2.47 bits per heavy atom. The number of fused-ring (bicyclic) bond motifs is 5. The van der Waals surface area contributed by atoms with E-state index in [4.69, 9.17) is 14.2 Å². The highest BCUT2D eigenvalue weighted by Gasteiger charge is 2.67. The second kappa shape index (κ2) is 9.79. The summed E-state index contributed by atoms with van der Waals surface area (Å²) in [6, 6.07) is 0. The van der Waals surface area contributed by atoms with Crippen LogP contribution in [-0.2, 0) is 28.6 Å². The van der Waals surface area contributed by atoms with E-state index in [1.165, 1.54) is 7.11 Å². The largest absolute Gasteiger partial charge is 0.469 e. The van der Waals surface area contributed by atoms with Crippen LogP contribution in [0.15, 0.2) is 0 Å². The van der Waals surface area contributed by atoms with Crippen LogP contribution in [0.4, 0.5) is 0 Å². The number of ether oxygens (including phenoxy) is 3. The molecule has 0 amide bonds. The summed E-state index contributed by atoms with van der Waals surface area (Å²) in [5.74, 6) is 1.46. The minimum Gasteiger partial charge on any atom is -0.469 e. The molecule has 34 heavy (non-hydrogen) atoms. The first-order chi connectivity index (χ1) is 16.2. The van der Waals surface area contributed by atoms with Crippen LogP contribution in [0.5, 0.6) is 0 Å². The molecule has 0 aromatic carbocycles. The second-order valence-corrected chi connectivity index (χ2v) is 12.0. The first-order valence-electron chi connectivity index (χ1n) is 13.1. The van der Waals surface area contributed by atoms with E-state index in [9.17, 15) is 19.5 Å². The molecule has 0 bridgehead atoms. The Morgan fingerprint density at radius 2 is 1.79 bits per heavy atom. The normalized spacial score (nSPS) is 46.3. The smallest absolute Gasteiger partial charge is 0.305 e. The number of methoxy groups -OCH3 is 1. The maximum atomic E-state index is 11.8. The Bertz CT molecular complexity index is 770. The Kier molecular flexibility index (Phi) is 7.33. The minimum atomic E-state index is -0.297. The minimum absolute atomic E-state index is 0.0348. The highest BCUT2D eigenvalue weighted by atomic mass is 16.5. The van der Waals surface area contributed by atoms with Crippen LogP contribution in [0.25, 0.3) is 0 Å². The zero-order valence-corrected chi connectivity index (χ0v) is 21.1. The summed E-state index contributed by atoms with van der Waals surface area (Å²) in [5.41, 5.74) is -0.202. The van der Waals surface area contributed by atoms with Gasteiger partial charge in [-0.15, -0.1) is 0 Å². The van der Waals surface area contributed by atoms with Gasteiger partial charge in [-0.25, -0.2) is 0 Å². The van der Waals surface area contributed by atoms with Crippen LogP contribution in [0.1, 0.15) is 78.6 Å². The van der Waals surface area contributed by atoms with Gasteiger partial charge in [-0.1, -0.05) is 20.8 Å². The second-order valence-electron chi connectivity index (χ2n) is 12.0. The molecule has 4 aliphatic rings.